The molecule has 0 radical (unpaired) electrons. The summed E-state index contributed by atoms with van der Waals surface area (Å²) in [5.74, 6) is -0.350. The van der Waals surface area contributed by atoms with E-state index in [1.165, 1.54) is 6.92 Å². The zero-order valence-corrected chi connectivity index (χ0v) is 15.7. The molecule has 1 unspecified atom stereocenters. The number of para-hydroxylation sites is 1. The van der Waals surface area contributed by atoms with Gasteiger partial charge in [-0.1, -0.05) is 18.2 Å². The number of hydrogen-bond acceptors (Lipinski definition) is 4. The first-order valence-electron chi connectivity index (χ1n) is 9.33. The van der Waals surface area contributed by atoms with Crippen LogP contribution in [0.4, 0.5) is 5.69 Å². The molecule has 28 heavy (non-hydrogen) atoms. The molecule has 3 heterocycles. The molecule has 0 N–H and O–H groups in total. The van der Waals surface area contributed by atoms with Crippen LogP contribution in [0.25, 0.3) is 0 Å². The highest BCUT2D eigenvalue weighted by atomic mass is 16.2. The highest BCUT2D eigenvalue weighted by Gasteiger charge is 2.51. The van der Waals surface area contributed by atoms with E-state index in [0.717, 1.165) is 5.69 Å². The van der Waals surface area contributed by atoms with Crippen molar-refractivity contribution in [1.82, 2.24) is 14.8 Å². The first-order valence-corrected chi connectivity index (χ1v) is 9.33. The largest absolute Gasteiger partial charge is 0.336 e. The molecule has 144 valence electrons. The molecule has 2 saturated heterocycles. The topological polar surface area (TPSA) is 73.8 Å². The average molecular weight is 378 g/mol. The predicted octanol–water partition coefficient (Wildman–Crippen LogP) is 1.56. The molecule has 1 aromatic heterocycles. The third-order valence-corrected chi connectivity index (χ3v) is 5.60. The normalized spacial score (nSPS) is 22.0. The molecule has 1 aromatic carbocycles. The number of nitrogens with zero attached hydrogens (tertiary/aromatic N) is 4. The van der Waals surface area contributed by atoms with Crippen LogP contribution in [0, 0.1) is 0 Å². The fourth-order valence-electron chi connectivity index (χ4n) is 4.20. The SMILES string of the molecule is CC(=O)N1CC(=O)N(c2ccccc2)CC12CCN(C(=O)c1cccnc1)C2. The molecule has 7 nitrogen and oxygen atoms in total. The third-order valence-electron chi connectivity index (χ3n) is 5.60. The smallest absolute Gasteiger partial charge is 0.255 e. The molecule has 0 aliphatic carbocycles. The Kier molecular flexibility index (Phi) is 4.58. The van der Waals surface area contributed by atoms with E-state index in [1.807, 2.05) is 30.3 Å². The van der Waals surface area contributed by atoms with Gasteiger partial charge in [0.25, 0.3) is 5.91 Å². The summed E-state index contributed by atoms with van der Waals surface area (Å²) in [7, 11) is 0. The lowest BCUT2D eigenvalue weighted by Gasteiger charge is -2.48. The maximum Gasteiger partial charge on any atom is 0.255 e. The molecule has 2 aliphatic heterocycles. The Bertz CT molecular complexity index is 902. The van der Waals surface area contributed by atoms with Crippen LogP contribution in [0.1, 0.15) is 23.7 Å². The second kappa shape index (κ2) is 7.07. The molecule has 7 heteroatoms. The Morgan fingerprint density at radius 1 is 1.07 bits per heavy atom. The van der Waals surface area contributed by atoms with Gasteiger partial charge in [0.15, 0.2) is 0 Å². The Hall–Kier alpha value is -3.22. The number of likely N-dealkylation sites (tertiary alicyclic amines) is 1. The van der Waals surface area contributed by atoms with Crippen molar-refractivity contribution in [2.75, 3.05) is 31.1 Å². The molecule has 0 saturated carbocycles. The first kappa shape index (κ1) is 18.2. The van der Waals surface area contributed by atoms with E-state index >= 15 is 0 Å². The van der Waals surface area contributed by atoms with Gasteiger partial charge < -0.3 is 14.7 Å². The second-order valence-electron chi connectivity index (χ2n) is 7.36. The fraction of sp³-hybridized carbons (Fsp3) is 0.333. The summed E-state index contributed by atoms with van der Waals surface area (Å²) in [6.07, 6.45) is 3.82. The van der Waals surface area contributed by atoms with Crippen molar-refractivity contribution < 1.29 is 14.4 Å². The van der Waals surface area contributed by atoms with E-state index in [2.05, 4.69) is 4.98 Å². The maximum atomic E-state index is 12.9. The van der Waals surface area contributed by atoms with E-state index in [9.17, 15) is 14.4 Å². The third kappa shape index (κ3) is 3.13. The standard InChI is InChI=1S/C21H22N4O3/c1-16(26)25-13-19(27)24(18-7-3-2-4-8-18)15-21(25)9-11-23(14-21)20(28)17-6-5-10-22-12-17/h2-8,10,12H,9,11,13-15H2,1H3. The number of carbonyl (C=O) groups excluding carboxylic acids is 3. The van der Waals surface area contributed by atoms with Gasteiger partial charge in [-0.05, 0) is 30.7 Å². The zero-order valence-electron chi connectivity index (χ0n) is 15.7. The van der Waals surface area contributed by atoms with Crippen molar-refractivity contribution in [2.45, 2.75) is 18.9 Å². The zero-order chi connectivity index (χ0) is 19.7. The van der Waals surface area contributed by atoms with E-state index < -0.39 is 5.54 Å². The molecule has 1 spiro atoms. The fourth-order valence-corrected chi connectivity index (χ4v) is 4.20. The number of aromatic nitrogens is 1. The number of carbonyl (C=O) groups is 3. The minimum absolute atomic E-state index is 0.0269. The van der Waals surface area contributed by atoms with Gasteiger partial charge in [-0.15, -0.1) is 0 Å². The van der Waals surface area contributed by atoms with Crippen LogP contribution in [0.2, 0.25) is 0 Å². The van der Waals surface area contributed by atoms with Crippen LogP contribution < -0.4 is 4.90 Å². The number of amides is 3. The Morgan fingerprint density at radius 2 is 1.86 bits per heavy atom. The van der Waals surface area contributed by atoms with Gasteiger partial charge in [-0.3, -0.25) is 19.4 Å². The monoisotopic (exact) mass is 378 g/mol. The van der Waals surface area contributed by atoms with Crippen LogP contribution in [-0.4, -0.2) is 64.2 Å². The Morgan fingerprint density at radius 3 is 2.54 bits per heavy atom. The molecular formula is C21H22N4O3. The van der Waals surface area contributed by atoms with Crippen LogP contribution in [-0.2, 0) is 9.59 Å². The summed E-state index contributed by atoms with van der Waals surface area (Å²) >= 11 is 0. The highest BCUT2D eigenvalue weighted by Crippen LogP contribution is 2.35. The minimum atomic E-state index is -0.576. The summed E-state index contributed by atoms with van der Waals surface area (Å²) in [4.78, 5) is 47.1. The van der Waals surface area contributed by atoms with Gasteiger partial charge in [0.1, 0.15) is 6.54 Å². The summed E-state index contributed by atoms with van der Waals surface area (Å²) in [5.41, 5.74) is 0.765. The lowest BCUT2D eigenvalue weighted by molar-refractivity contribution is -0.142. The molecule has 2 fully saturated rings. The summed E-state index contributed by atoms with van der Waals surface area (Å²) in [6.45, 7) is 2.83. The molecule has 1 atom stereocenters. The molecule has 3 amide bonds. The number of pyridine rings is 1. The van der Waals surface area contributed by atoms with E-state index in [0.29, 0.717) is 31.6 Å². The van der Waals surface area contributed by atoms with Gasteiger partial charge in [0.2, 0.25) is 11.8 Å². The number of benzene rings is 1. The van der Waals surface area contributed by atoms with Crippen LogP contribution in [0.5, 0.6) is 0 Å². The van der Waals surface area contributed by atoms with Crippen LogP contribution >= 0.6 is 0 Å². The lowest BCUT2D eigenvalue weighted by atomic mass is 9.91. The van der Waals surface area contributed by atoms with Gasteiger partial charge >= 0.3 is 0 Å². The number of piperazine rings is 1. The maximum absolute atomic E-state index is 12.9. The number of anilines is 1. The van der Waals surface area contributed by atoms with E-state index in [-0.39, 0.29) is 24.3 Å². The highest BCUT2D eigenvalue weighted by molar-refractivity contribution is 5.99. The van der Waals surface area contributed by atoms with Crippen LogP contribution in [0.15, 0.2) is 54.9 Å². The number of rotatable bonds is 2. The summed E-state index contributed by atoms with van der Waals surface area (Å²) < 4.78 is 0. The first-order chi connectivity index (χ1) is 13.5. The summed E-state index contributed by atoms with van der Waals surface area (Å²) in [6, 6.07) is 12.9. The second-order valence-corrected chi connectivity index (χ2v) is 7.36. The van der Waals surface area contributed by atoms with E-state index in [1.54, 1.807) is 39.2 Å². The molecule has 2 aliphatic rings. The van der Waals surface area contributed by atoms with Crippen molar-refractivity contribution >= 4 is 23.4 Å². The van der Waals surface area contributed by atoms with Crippen molar-refractivity contribution in [3.63, 3.8) is 0 Å². The average Bonchev–Trinajstić information content (AvgIpc) is 3.14. The molecule has 4 rings (SSSR count). The molecule has 0 bridgehead atoms. The quantitative estimate of drug-likeness (QED) is 0.795. The summed E-state index contributed by atoms with van der Waals surface area (Å²) in [5, 5.41) is 0. The molecular weight excluding hydrogens is 356 g/mol. The minimum Gasteiger partial charge on any atom is -0.336 e. The molecule has 2 aromatic rings. The predicted molar refractivity (Wildman–Crippen MR) is 104 cm³/mol. The van der Waals surface area contributed by atoms with Crippen molar-refractivity contribution in [1.29, 1.82) is 0 Å². The van der Waals surface area contributed by atoms with Crippen molar-refractivity contribution in [3.8, 4) is 0 Å². The van der Waals surface area contributed by atoms with Crippen molar-refractivity contribution in [2.24, 2.45) is 0 Å². The van der Waals surface area contributed by atoms with Crippen LogP contribution in [0.3, 0.4) is 0 Å². The number of hydrogen-bond donors (Lipinski definition) is 0. The van der Waals surface area contributed by atoms with Gasteiger partial charge in [-0.2, -0.15) is 0 Å². The van der Waals surface area contributed by atoms with Gasteiger partial charge in [0.05, 0.1) is 17.6 Å². The van der Waals surface area contributed by atoms with Crippen molar-refractivity contribution in [3.05, 3.63) is 60.4 Å². The van der Waals surface area contributed by atoms with Gasteiger partial charge in [-0.25, -0.2) is 0 Å². The van der Waals surface area contributed by atoms with E-state index in [4.69, 9.17) is 0 Å². The Balaban J connectivity index is 1.62. The van der Waals surface area contributed by atoms with Gasteiger partial charge in [0, 0.05) is 38.1 Å². The Labute approximate surface area is 163 Å². The lowest BCUT2D eigenvalue weighted by Crippen LogP contribution is -2.67.